The number of amides is 1. The lowest BCUT2D eigenvalue weighted by atomic mass is 9.88. The SMILES string of the molecule is CCOCc1c2c(c3c(c1C(F)(F)F)NC(=O)C3)C=CC(CC(F)(F)F)N2CC. The van der Waals surface area contributed by atoms with E-state index in [1.807, 2.05) is 0 Å². The summed E-state index contributed by atoms with van der Waals surface area (Å²) in [5.41, 5.74) is -1.09. The largest absolute Gasteiger partial charge is 0.418 e. The normalized spacial score (nSPS) is 18.7. The number of hydrogen-bond acceptors (Lipinski definition) is 3. The predicted octanol–water partition coefficient (Wildman–Crippen LogP) is 4.91. The van der Waals surface area contributed by atoms with Gasteiger partial charge in [-0.15, -0.1) is 0 Å². The van der Waals surface area contributed by atoms with Crippen molar-refractivity contribution in [2.45, 2.75) is 51.7 Å². The number of fused-ring (bicyclic) bond motifs is 3. The highest BCUT2D eigenvalue weighted by Crippen LogP contribution is 2.50. The molecule has 2 heterocycles. The number of carbonyl (C=O) groups is 1. The molecule has 3 rings (SSSR count). The second-order valence-corrected chi connectivity index (χ2v) is 6.86. The lowest BCUT2D eigenvalue weighted by molar-refractivity contribution is -0.139. The monoisotopic (exact) mass is 422 g/mol. The van der Waals surface area contributed by atoms with E-state index in [4.69, 9.17) is 4.74 Å². The Labute approximate surface area is 163 Å². The molecule has 1 aromatic carbocycles. The molecule has 1 unspecified atom stereocenters. The Hall–Kier alpha value is -2.23. The number of carbonyl (C=O) groups excluding carboxylic acids is 1. The highest BCUT2D eigenvalue weighted by atomic mass is 19.4. The summed E-state index contributed by atoms with van der Waals surface area (Å²) in [7, 11) is 0. The summed E-state index contributed by atoms with van der Waals surface area (Å²) in [5, 5.41) is 2.27. The molecule has 0 bridgehead atoms. The molecule has 1 N–H and O–H groups in total. The summed E-state index contributed by atoms with van der Waals surface area (Å²) in [6, 6.07) is -1.14. The Morgan fingerprint density at radius 1 is 1.21 bits per heavy atom. The average molecular weight is 422 g/mol. The zero-order chi connectivity index (χ0) is 21.6. The van der Waals surface area contributed by atoms with E-state index in [0.29, 0.717) is 5.56 Å². The fourth-order valence-electron chi connectivity index (χ4n) is 3.98. The summed E-state index contributed by atoms with van der Waals surface area (Å²) >= 11 is 0. The Kier molecular flexibility index (Phi) is 5.59. The lowest BCUT2D eigenvalue weighted by Gasteiger charge is -2.38. The first-order chi connectivity index (χ1) is 13.5. The second kappa shape index (κ2) is 7.55. The van der Waals surface area contributed by atoms with Crippen LogP contribution in [0.15, 0.2) is 6.08 Å². The Balaban J connectivity index is 2.29. The van der Waals surface area contributed by atoms with Gasteiger partial charge in [0.15, 0.2) is 0 Å². The summed E-state index contributed by atoms with van der Waals surface area (Å²) in [6.45, 7) is 2.96. The maximum Gasteiger partial charge on any atom is 0.418 e. The van der Waals surface area contributed by atoms with Crippen LogP contribution in [0.5, 0.6) is 0 Å². The Morgan fingerprint density at radius 3 is 2.45 bits per heavy atom. The van der Waals surface area contributed by atoms with Gasteiger partial charge in [0, 0.05) is 24.3 Å². The quantitative estimate of drug-likeness (QED) is 0.686. The van der Waals surface area contributed by atoms with Gasteiger partial charge in [0.05, 0.1) is 42.4 Å². The third-order valence-electron chi connectivity index (χ3n) is 5.01. The van der Waals surface area contributed by atoms with Gasteiger partial charge in [0.25, 0.3) is 0 Å². The van der Waals surface area contributed by atoms with Crippen molar-refractivity contribution in [2.24, 2.45) is 0 Å². The van der Waals surface area contributed by atoms with Crippen LogP contribution in [0.2, 0.25) is 0 Å². The maximum absolute atomic E-state index is 14.0. The number of alkyl halides is 6. The third kappa shape index (κ3) is 4.08. The number of nitrogens with one attached hydrogen (secondary N) is 1. The summed E-state index contributed by atoms with van der Waals surface area (Å²) in [5.74, 6) is -0.588. The van der Waals surface area contributed by atoms with Gasteiger partial charge >= 0.3 is 12.4 Å². The van der Waals surface area contributed by atoms with Gasteiger partial charge in [0.2, 0.25) is 5.91 Å². The van der Waals surface area contributed by atoms with E-state index in [-0.39, 0.29) is 42.1 Å². The zero-order valence-corrected chi connectivity index (χ0v) is 15.8. The van der Waals surface area contributed by atoms with Gasteiger partial charge in [-0.3, -0.25) is 4.79 Å². The number of likely N-dealkylation sites (N-methyl/N-ethyl adjacent to an activating group) is 1. The number of rotatable bonds is 5. The number of anilines is 2. The van der Waals surface area contributed by atoms with Gasteiger partial charge in [-0.2, -0.15) is 26.3 Å². The molecule has 0 spiro atoms. The van der Waals surface area contributed by atoms with E-state index < -0.39 is 42.9 Å². The minimum atomic E-state index is -4.82. The third-order valence-corrected chi connectivity index (χ3v) is 5.01. The highest BCUT2D eigenvalue weighted by Gasteiger charge is 2.45. The van der Waals surface area contributed by atoms with E-state index in [1.54, 1.807) is 13.8 Å². The average Bonchev–Trinajstić information content (AvgIpc) is 2.97. The number of halogens is 6. The molecular formula is C19H20F6N2O2. The zero-order valence-electron chi connectivity index (χ0n) is 15.8. The molecule has 0 saturated heterocycles. The Bertz CT molecular complexity index is 845. The van der Waals surface area contributed by atoms with Gasteiger partial charge < -0.3 is 15.0 Å². The summed E-state index contributed by atoms with van der Waals surface area (Å²) < 4.78 is 86.4. The van der Waals surface area contributed by atoms with Crippen LogP contribution >= 0.6 is 0 Å². The van der Waals surface area contributed by atoms with Gasteiger partial charge in [0.1, 0.15) is 0 Å². The molecule has 0 aliphatic carbocycles. The topological polar surface area (TPSA) is 41.6 Å². The van der Waals surface area contributed by atoms with Crippen molar-refractivity contribution in [3.05, 3.63) is 28.3 Å². The van der Waals surface area contributed by atoms with E-state index in [1.165, 1.54) is 17.1 Å². The molecule has 10 heteroatoms. The second-order valence-electron chi connectivity index (χ2n) is 6.86. The van der Waals surface area contributed by atoms with E-state index in [0.717, 1.165) is 0 Å². The maximum atomic E-state index is 14.0. The van der Waals surface area contributed by atoms with Crippen molar-refractivity contribution in [1.82, 2.24) is 0 Å². The fraction of sp³-hybridized carbons (Fsp3) is 0.526. The molecule has 2 aliphatic heterocycles. The van der Waals surface area contributed by atoms with E-state index >= 15 is 0 Å². The van der Waals surface area contributed by atoms with Crippen molar-refractivity contribution in [3.63, 3.8) is 0 Å². The number of ether oxygens (including phenoxy) is 1. The van der Waals surface area contributed by atoms with Crippen molar-refractivity contribution in [3.8, 4) is 0 Å². The number of hydrogen-bond donors (Lipinski definition) is 1. The first kappa shape index (κ1) is 21.5. The first-order valence-corrected chi connectivity index (χ1v) is 9.16. The molecule has 2 aliphatic rings. The first-order valence-electron chi connectivity index (χ1n) is 9.16. The standard InChI is InChI=1S/C19H20F6N2O2/c1-3-27-10(8-18(20,21)22)5-6-11-12-7-14(28)26-16(12)15(19(23,24)25)13(17(11)27)9-29-4-2/h5-6,10H,3-4,7-9H2,1-2H3,(H,26,28). The fourth-order valence-corrected chi connectivity index (χ4v) is 3.98. The number of benzene rings is 1. The minimum Gasteiger partial charge on any atom is -0.377 e. The predicted molar refractivity (Wildman–Crippen MR) is 95.6 cm³/mol. The molecular weight excluding hydrogens is 402 g/mol. The molecule has 1 aromatic rings. The van der Waals surface area contributed by atoms with Crippen LogP contribution in [0.4, 0.5) is 37.7 Å². The van der Waals surface area contributed by atoms with Crippen LogP contribution in [-0.2, 0) is 28.7 Å². The Morgan fingerprint density at radius 2 is 1.90 bits per heavy atom. The van der Waals surface area contributed by atoms with E-state index in [2.05, 4.69) is 5.32 Å². The van der Waals surface area contributed by atoms with Crippen molar-refractivity contribution < 1.29 is 35.9 Å². The smallest absolute Gasteiger partial charge is 0.377 e. The summed E-state index contributed by atoms with van der Waals surface area (Å²) in [4.78, 5) is 13.2. The van der Waals surface area contributed by atoms with Crippen molar-refractivity contribution in [2.75, 3.05) is 23.4 Å². The molecule has 160 valence electrons. The highest BCUT2D eigenvalue weighted by molar-refractivity contribution is 6.04. The molecule has 0 radical (unpaired) electrons. The van der Waals surface area contributed by atoms with Crippen LogP contribution in [0.1, 0.15) is 42.5 Å². The minimum absolute atomic E-state index is 0.0558. The van der Waals surface area contributed by atoms with Gasteiger partial charge in [-0.1, -0.05) is 12.2 Å². The van der Waals surface area contributed by atoms with Crippen molar-refractivity contribution >= 4 is 23.4 Å². The lowest BCUT2D eigenvalue weighted by Crippen LogP contribution is -2.40. The van der Waals surface area contributed by atoms with Crippen LogP contribution in [0.25, 0.3) is 6.08 Å². The van der Waals surface area contributed by atoms with Gasteiger partial charge in [-0.25, -0.2) is 0 Å². The molecule has 4 nitrogen and oxygen atoms in total. The van der Waals surface area contributed by atoms with Crippen LogP contribution in [0.3, 0.4) is 0 Å². The van der Waals surface area contributed by atoms with Crippen LogP contribution in [-0.4, -0.2) is 31.3 Å². The number of nitrogens with zero attached hydrogens (tertiary/aromatic N) is 1. The van der Waals surface area contributed by atoms with Crippen LogP contribution < -0.4 is 10.2 Å². The molecule has 1 atom stereocenters. The molecule has 29 heavy (non-hydrogen) atoms. The molecule has 1 amide bonds. The van der Waals surface area contributed by atoms with Crippen molar-refractivity contribution in [1.29, 1.82) is 0 Å². The van der Waals surface area contributed by atoms with Crippen LogP contribution in [0, 0.1) is 0 Å². The molecule has 0 saturated carbocycles. The summed E-state index contributed by atoms with van der Waals surface area (Å²) in [6.07, 6.45) is -8.03. The molecule has 0 aromatic heterocycles. The van der Waals surface area contributed by atoms with E-state index in [9.17, 15) is 31.1 Å². The van der Waals surface area contributed by atoms with Gasteiger partial charge in [-0.05, 0) is 19.4 Å². The molecule has 0 fully saturated rings.